The molecule has 0 rings (SSSR count). The molecular weight excluding hydrogens is 284 g/mol. The fraction of sp³-hybridized carbons (Fsp3) is 0.636. The van der Waals surface area contributed by atoms with Gasteiger partial charge in [-0.25, -0.2) is 4.79 Å². The smallest absolute Gasteiger partial charge is 0.328 e. The monoisotopic (exact) mass is 299 g/mol. The molecule has 1 N–H and O–H groups in total. The molecule has 0 aromatic heterocycles. The molecule has 1 amide bonds. The van der Waals surface area contributed by atoms with Crippen molar-refractivity contribution in [2.45, 2.75) is 33.2 Å². The third kappa shape index (κ3) is 6.21. The molecular formula is C11H16Cl2FNO3. The number of esters is 1. The lowest BCUT2D eigenvalue weighted by Gasteiger charge is -2.18. The summed E-state index contributed by atoms with van der Waals surface area (Å²) in [6, 6.07) is -0.920. The van der Waals surface area contributed by atoms with Gasteiger partial charge >= 0.3 is 5.97 Å². The maximum Gasteiger partial charge on any atom is 0.328 e. The number of hydrogen-bond acceptors (Lipinski definition) is 3. The van der Waals surface area contributed by atoms with Crippen LogP contribution in [0.1, 0.15) is 27.2 Å². The minimum Gasteiger partial charge on any atom is -0.464 e. The zero-order valence-corrected chi connectivity index (χ0v) is 11.9. The highest BCUT2D eigenvalue weighted by Gasteiger charge is 2.25. The second kappa shape index (κ2) is 8.32. The van der Waals surface area contributed by atoms with Gasteiger partial charge in [-0.05, 0) is 19.3 Å². The van der Waals surface area contributed by atoms with Gasteiger partial charge in [-0.1, -0.05) is 37.0 Å². The largest absolute Gasteiger partial charge is 0.464 e. The summed E-state index contributed by atoms with van der Waals surface area (Å²) >= 11 is 10.3. The molecule has 18 heavy (non-hydrogen) atoms. The van der Waals surface area contributed by atoms with Gasteiger partial charge in [-0.2, -0.15) is 4.39 Å². The molecule has 0 aliphatic heterocycles. The number of carbonyl (C=O) groups excluding carboxylic acids is 2. The molecule has 0 aromatic rings. The lowest BCUT2D eigenvalue weighted by Crippen LogP contribution is -2.43. The van der Waals surface area contributed by atoms with E-state index in [0.717, 1.165) is 0 Å². The number of rotatable bonds is 6. The van der Waals surface area contributed by atoms with Crippen molar-refractivity contribution >= 4 is 35.1 Å². The fourth-order valence-corrected chi connectivity index (χ4v) is 1.41. The number of halogens is 3. The Kier molecular flexibility index (Phi) is 7.95. The molecule has 7 heteroatoms. The van der Waals surface area contributed by atoms with Gasteiger partial charge in [0.2, 0.25) is 5.83 Å². The highest BCUT2D eigenvalue weighted by molar-refractivity contribution is 6.57. The molecule has 0 bridgehead atoms. The first-order valence-electron chi connectivity index (χ1n) is 5.47. The van der Waals surface area contributed by atoms with E-state index < -0.39 is 28.2 Å². The Morgan fingerprint density at radius 3 is 2.28 bits per heavy atom. The van der Waals surface area contributed by atoms with Gasteiger partial charge in [0.15, 0.2) is 0 Å². The second-order valence-electron chi connectivity index (χ2n) is 3.98. The summed E-state index contributed by atoms with van der Waals surface area (Å²) in [4.78, 5) is 22.9. The van der Waals surface area contributed by atoms with Crippen LogP contribution in [-0.2, 0) is 14.3 Å². The van der Waals surface area contributed by atoms with Crippen LogP contribution in [0.3, 0.4) is 0 Å². The van der Waals surface area contributed by atoms with Gasteiger partial charge in [-0.3, -0.25) is 4.79 Å². The van der Waals surface area contributed by atoms with Crippen molar-refractivity contribution in [1.82, 2.24) is 5.32 Å². The quantitative estimate of drug-likeness (QED) is 0.606. The van der Waals surface area contributed by atoms with Crippen LogP contribution in [0.5, 0.6) is 0 Å². The summed E-state index contributed by atoms with van der Waals surface area (Å²) in [5.41, 5.74) is 0. The summed E-state index contributed by atoms with van der Waals surface area (Å²) < 4.78 is 17.1. The van der Waals surface area contributed by atoms with Crippen LogP contribution in [-0.4, -0.2) is 24.5 Å². The zero-order valence-electron chi connectivity index (χ0n) is 10.4. The standard InChI is InChI=1S/C11H16Cl2FNO3/c1-4-18-11(17)7(5-6(2)3)15-10(16)8(14)9(12)13/h6-7H,4-5H2,1-3H3,(H,15,16)/t7-/m0/s1. The molecule has 0 heterocycles. The van der Waals surface area contributed by atoms with Gasteiger partial charge in [0, 0.05) is 0 Å². The first-order valence-corrected chi connectivity index (χ1v) is 6.23. The molecule has 0 unspecified atom stereocenters. The lowest BCUT2D eigenvalue weighted by atomic mass is 10.0. The Labute approximate surface area is 115 Å². The fourth-order valence-electron chi connectivity index (χ4n) is 1.24. The molecule has 0 aromatic carbocycles. The zero-order chi connectivity index (χ0) is 14.3. The summed E-state index contributed by atoms with van der Waals surface area (Å²) in [6.45, 7) is 5.54. The second-order valence-corrected chi connectivity index (χ2v) is 4.93. The minimum absolute atomic E-state index is 0.123. The van der Waals surface area contributed by atoms with Crippen molar-refractivity contribution in [2.75, 3.05) is 6.61 Å². The third-order valence-corrected chi connectivity index (χ3v) is 2.28. The average molecular weight is 300 g/mol. The van der Waals surface area contributed by atoms with Crippen molar-refractivity contribution in [2.24, 2.45) is 5.92 Å². The molecule has 4 nitrogen and oxygen atoms in total. The Balaban J connectivity index is 4.74. The van der Waals surface area contributed by atoms with E-state index in [1.165, 1.54) is 0 Å². The third-order valence-electron chi connectivity index (χ3n) is 1.95. The Morgan fingerprint density at radius 1 is 1.33 bits per heavy atom. The Bertz CT molecular complexity index is 341. The predicted molar refractivity (Wildman–Crippen MR) is 67.9 cm³/mol. The molecule has 1 atom stereocenters. The van der Waals surface area contributed by atoms with Crippen LogP contribution < -0.4 is 5.32 Å². The number of amides is 1. The lowest BCUT2D eigenvalue weighted by molar-refractivity contribution is -0.147. The van der Waals surface area contributed by atoms with Gasteiger partial charge < -0.3 is 10.1 Å². The van der Waals surface area contributed by atoms with E-state index in [1.54, 1.807) is 6.92 Å². The Morgan fingerprint density at radius 2 is 1.89 bits per heavy atom. The maximum atomic E-state index is 13.1. The summed E-state index contributed by atoms with van der Waals surface area (Å²) in [5, 5.41) is 2.20. The first kappa shape index (κ1) is 17.2. The highest BCUT2D eigenvalue weighted by atomic mass is 35.5. The number of nitrogens with one attached hydrogen (secondary N) is 1. The normalized spacial score (nSPS) is 11.9. The summed E-state index contributed by atoms with van der Waals surface area (Å²) in [6.07, 6.45) is 0.331. The van der Waals surface area contributed by atoms with Crippen molar-refractivity contribution in [1.29, 1.82) is 0 Å². The molecule has 0 saturated carbocycles. The van der Waals surface area contributed by atoms with Crippen LogP contribution in [0.2, 0.25) is 0 Å². The molecule has 0 saturated heterocycles. The SMILES string of the molecule is CCOC(=O)[C@H](CC(C)C)NC(=O)C(F)=C(Cl)Cl. The van der Waals surface area contributed by atoms with Crippen LogP contribution in [0.15, 0.2) is 10.3 Å². The van der Waals surface area contributed by atoms with E-state index >= 15 is 0 Å². The van der Waals surface area contributed by atoms with Crippen LogP contribution in [0.25, 0.3) is 0 Å². The summed E-state index contributed by atoms with van der Waals surface area (Å²) in [7, 11) is 0. The van der Waals surface area contributed by atoms with E-state index in [0.29, 0.717) is 6.42 Å². The van der Waals surface area contributed by atoms with Crippen molar-refractivity contribution in [3.8, 4) is 0 Å². The van der Waals surface area contributed by atoms with E-state index in [9.17, 15) is 14.0 Å². The molecule has 0 fully saturated rings. The highest BCUT2D eigenvalue weighted by Crippen LogP contribution is 2.16. The van der Waals surface area contributed by atoms with Crippen molar-refractivity contribution in [3.05, 3.63) is 10.3 Å². The molecule has 104 valence electrons. The molecule has 0 spiro atoms. The number of carbonyl (C=O) groups is 2. The van der Waals surface area contributed by atoms with Crippen molar-refractivity contribution in [3.63, 3.8) is 0 Å². The maximum absolute atomic E-state index is 13.1. The van der Waals surface area contributed by atoms with E-state index in [4.69, 9.17) is 27.9 Å². The minimum atomic E-state index is -1.32. The Hall–Kier alpha value is -0.810. The topological polar surface area (TPSA) is 55.4 Å². The van der Waals surface area contributed by atoms with Crippen LogP contribution >= 0.6 is 23.2 Å². The van der Waals surface area contributed by atoms with Gasteiger partial charge in [-0.15, -0.1) is 0 Å². The van der Waals surface area contributed by atoms with E-state index in [-0.39, 0.29) is 12.5 Å². The van der Waals surface area contributed by atoms with Gasteiger partial charge in [0.1, 0.15) is 10.5 Å². The number of ether oxygens (including phenoxy) is 1. The van der Waals surface area contributed by atoms with Crippen LogP contribution in [0.4, 0.5) is 4.39 Å². The van der Waals surface area contributed by atoms with Gasteiger partial charge in [0.05, 0.1) is 6.61 Å². The number of hydrogen-bond donors (Lipinski definition) is 1. The molecule has 0 aliphatic carbocycles. The predicted octanol–water partition coefficient (Wildman–Crippen LogP) is 2.70. The average Bonchev–Trinajstić information content (AvgIpc) is 2.26. The van der Waals surface area contributed by atoms with Gasteiger partial charge in [0.25, 0.3) is 5.91 Å². The van der Waals surface area contributed by atoms with E-state index in [2.05, 4.69) is 5.32 Å². The summed E-state index contributed by atoms with van der Waals surface area (Å²) in [5.74, 6) is -2.94. The van der Waals surface area contributed by atoms with E-state index in [1.807, 2.05) is 13.8 Å². The first-order chi connectivity index (χ1) is 8.29. The molecule has 0 aliphatic rings. The molecule has 0 radical (unpaired) electrons. The van der Waals surface area contributed by atoms with Crippen LogP contribution in [0, 0.1) is 5.92 Å². The van der Waals surface area contributed by atoms with Crippen molar-refractivity contribution < 1.29 is 18.7 Å².